The summed E-state index contributed by atoms with van der Waals surface area (Å²) in [5, 5.41) is 2.40. The van der Waals surface area contributed by atoms with Crippen molar-refractivity contribution in [3.63, 3.8) is 0 Å². The summed E-state index contributed by atoms with van der Waals surface area (Å²) in [5.74, 6) is 6.63. The molecule has 0 radical (unpaired) electrons. The number of aromatic nitrogens is 4. The van der Waals surface area contributed by atoms with Crippen LogP contribution in [0.1, 0.15) is 69.6 Å². The van der Waals surface area contributed by atoms with E-state index in [-0.39, 0.29) is 10.8 Å². The standard InChI is InChI=1S/C57H51N5O/c1-56(2,3)40-30-43(60-35-61-52-20-12-9-17-49(52)59-55(61)48-16-8-10-18-50(48)60)33-45(31-40)63-44-21-22-47-46-15-7-11-19-51(46)62(53(47)34-44)54-32-39(23-24-58-54)57(38-13-5-4-6-14-38)41-26-36-25-37(28-41)29-42(57)27-36/h4-24,30-34,36-37,41-42H,25-29,35H2,1-3H3. The number of fused-ring (bicyclic) bond motifs is 8. The third-order valence-corrected chi connectivity index (χ3v) is 15.5. The van der Waals surface area contributed by atoms with E-state index in [1.807, 2.05) is 0 Å². The largest absolute Gasteiger partial charge is 0.457 e. The number of imidazole rings is 1. The SMILES string of the molecule is CC(C)(C)c1cc(Oc2ccc3c4ccccc4n(-c4cc(C5(c6ccccc6)C6CC7CC(C6)CC5C7)ccn4)c3c2)cc(N2Cn3c(nc4ccccc43)-c3ccccc32)c1. The van der Waals surface area contributed by atoms with Crippen molar-refractivity contribution in [2.75, 3.05) is 4.90 Å². The van der Waals surface area contributed by atoms with Crippen molar-refractivity contribution < 1.29 is 4.74 Å². The summed E-state index contributed by atoms with van der Waals surface area (Å²) in [6.07, 6.45) is 8.84. The average molecular weight is 822 g/mol. The lowest BCUT2D eigenvalue weighted by Gasteiger charge is -2.62. The van der Waals surface area contributed by atoms with Gasteiger partial charge in [0.25, 0.3) is 0 Å². The second-order valence-electron chi connectivity index (χ2n) is 20.0. The summed E-state index contributed by atoms with van der Waals surface area (Å²) in [5.41, 5.74) is 11.7. The fourth-order valence-electron chi connectivity index (χ4n) is 12.9. The summed E-state index contributed by atoms with van der Waals surface area (Å²) in [7, 11) is 0. The van der Waals surface area contributed by atoms with Crippen LogP contribution in [0.25, 0.3) is 50.0 Å². The molecule has 5 aliphatic rings. The predicted octanol–water partition coefficient (Wildman–Crippen LogP) is 14.1. The molecule has 0 saturated heterocycles. The predicted molar refractivity (Wildman–Crippen MR) is 255 cm³/mol. The highest BCUT2D eigenvalue weighted by Crippen LogP contribution is 2.65. The zero-order chi connectivity index (χ0) is 42.0. The molecule has 4 aliphatic carbocycles. The monoisotopic (exact) mass is 821 g/mol. The van der Waals surface area contributed by atoms with Crippen molar-refractivity contribution in [2.24, 2.45) is 23.7 Å². The van der Waals surface area contributed by atoms with Crippen LogP contribution in [0.15, 0.2) is 158 Å². The molecule has 4 saturated carbocycles. The fourth-order valence-corrected chi connectivity index (χ4v) is 12.9. The van der Waals surface area contributed by atoms with Crippen LogP contribution in [0.2, 0.25) is 0 Å². The normalized spacial score (nSPS) is 22.5. The zero-order valence-electron chi connectivity index (χ0n) is 36.2. The Bertz CT molecular complexity index is 3230. The third-order valence-electron chi connectivity index (χ3n) is 15.5. The Labute approximate surface area is 368 Å². The number of rotatable bonds is 6. The summed E-state index contributed by atoms with van der Waals surface area (Å²) in [6.45, 7) is 7.47. The molecule has 1 aliphatic heterocycles. The first kappa shape index (κ1) is 36.9. The van der Waals surface area contributed by atoms with Crippen molar-refractivity contribution in [2.45, 2.75) is 70.4 Å². The van der Waals surface area contributed by atoms with E-state index in [4.69, 9.17) is 14.7 Å². The third kappa shape index (κ3) is 5.62. The number of hydrogen-bond donors (Lipinski definition) is 0. The molecule has 310 valence electrons. The highest BCUT2D eigenvalue weighted by atomic mass is 16.5. The molecule has 9 aromatic rings. The van der Waals surface area contributed by atoms with Gasteiger partial charge in [-0.15, -0.1) is 0 Å². The summed E-state index contributed by atoms with van der Waals surface area (Å²) < 4.78 is 11.7. The van der Waals surface area contributed by atoms with Gasteiger partial charge in [-0.1, -0.05) is 93.6 Å². The lowest BCUT2D eigenvalue weighted by atomic mass is 9.42. The van der Waals surface area contributed by atoms with Gasteiger partial charge >= 0.3 is 0 Å². The highest BCUT2D eigenvalue weighted by Gasteiger charge is 2.58. The van der Waals surface area contributed by atoms with Crippen molar-refractivity contribution in [1.29, 1.82) is 0 Å². The van der Waals surface area contributed by atoms with E-state index in [0.29, 0.717) is 18.5 Å². The van der Waals surface area contributed by atoms with E-state index in [1.54, 1.807) is 0 Å². The van der Waals surface area contributed by atoms with E-state index in [9.17, 15) is 0 Å². The van der Waals surface area contributed by atoms with Crippen molar-refractivity contribution in [1.82, 2.24) is 19.1 Å². The van der Waals surface area contributed by atoms with Crippen LogP contribution >= 0.6 is 0 Å². The Morgan fingerprint density at radius 1 is 0.603 bits per heavy atom. The molecular weight excluding hydrogens is 771 g/mol. The minimum Gasteiger partial charge on any atom is -0.457 e. The van der Waals surface area contributed by atoms with E-state index in [2.05, 4.69) is 193 Å². The molecule has 0 spiro atoms. The van der Waals surface area contributed by atoms with Crippen LogP contribution in [0.3, 0.4) is 0 Å². The number of pyridine rings is 1. The number of nitrogens with zero attached hydrogens (tertiary/aromatic N) is 5. The van der Waals surface area contributed by atoms with Crippen molar-refractivity contribution in [3.8, 4) is 28.7 Å². The van der Waals surface area contributed by atoms with Crippen LogP contribution in [0, 0.1) is 23.7 Å². The van der Waals surface area contributed by atoms with Gasteiger partial charge in [0, 0.05) is 45.8 Å². The van der Waals surface area contributed by atoms with Gasteiger partial charge < -0.3 is 14.2 Å². The topological polar surface area (TPSA) is 48.1 Å². The van der Waals surface area contributed by atoms with Gasteiger partial charge in [-0.05, 0) is 145 Å². The Balaban J connectivity index is 0.929. The molecule has 0 unspecified atom stereocenters. The number of ether oxygens (including phenoxy) is 1. The molecule has 0 amide bonds. The molecule has 14 rings (SSSR count). The van der Waals surface area contributed by atoms with Crippen molar-refractivity contribution in [3.05, 3.63) is 175 Å². The molecule has 3 aromatic heterocycles. The molecule has 6 nitrogen and oxygen atoms in total. The molecule has 0 atom stereocenters. The van der Waals surface area contributed by atoms with Crippen LogP contribution in [-0.2, 0) is 17.5 Å². The number of hydrogen-bond acceptors (Lipinski definition) is 4. The van der Waals surface area contributed by atoms with Gasteiger partial charge in [0.15, 0.2) is 0 Å². The first-order valence-electron chi connectivity index (χ1n) is 23.0. The molecule has 4 fully saturated rings. The zero-order valence-corrected chi connectivity index (χ0v) is 36.2. The van der Waals surface area contributed by atoms with Crippen molar-refractivity contribution >= 4 is 44.2 Å². The molecule has 6 heteroatoms. The Morgan fingerprint density at radius 3 is 2.13 bits per heavy atom. The van der Waals surface area contributed by atoms with Gasteiger partial charge in [-0.25, -0.2) is 9.97 Å². The number of anilines is 2. The first-order chi connectivity index (χ1) is 30.8. The Hall–Kier alpha value is -6.66. The maximum absolute atomic E-state index is 7.03. The Kier molecular flexibility index (Phi) is 8.02. The maximum Gasteiger partial charge on any atom is 0.144 e. The minimum atomic E-state index is -0.113. The molecular formula is C57H51N5O. The quantitative estimate of drug-likeness (QED) is 0.168. The molecule has 6 aromatic carbocycles. The number of benzene rings is 6. The van der Waals surface area contributed by atoms with Crippen LogP contribution in [-0.4, -0.2) is 19.1 Å². The van der Waals surface area contributed by atoms with Crippen LogP contribution in [0.5, 0.6) is 11.5 Å². The fraction of sp³-hybridized carbons (Fsp3) is 0.263. The number of para-hydroxylation sites is 4. The van der Waals surface area contributed by atoms with E-state index >= 15 is 0 Å². The van der Waals surface area contributed by atoms with Gasteiger partial charge in [-0.3, -0.25) is 4.57 Å². The summed E-state index contributed by atoms with van der Waals surface area (Å²) in [6, 6.07) is 55.5. The van der Waals surface area contributed by atoms with Crippen LogP contribution < -0.4 is 9.64 Å². The maximum atomic E-state index is 7.03. The summed E-state index contributed by atoms with van der Waals surface area (Å²) >= 11 is 0. The van der Waals surface area contributed by atoms with Gasteiger partial charge in [0.05, 0.1) is 27.8 Å². The molecule has 4 bridgehead atoms. The van der Waals surface area contributed by atoms with E-state index < -0.39 is 0 Å². The lowest BCUT2D eigenvalue weighted by molar-refractivity contribution is -0.0418. The second kappa shape index (κ2) is 13.7. The lowest BCUT2D eigenvalue weighted by Crippen LogP contribution is -2.56. The van der Waals surface area contributed by atoms with E-state index in [1.165, 1.54) is 59.6 Å². The van der Waals surface area contributed by atoms with E-state index in [0.717, 1.165) is 74.0 Å². The first-order valence-corrected chi connectivity index (χ1v) is 23.0. The minimum absolute atomic E-state index is 0.00339. The van der Waals surface area contributed by atoms with Gasteiger partial charge in [0.1, 0.15) is 29.8 Å². The average Bonchev–Trinajstić information content (AvgIpc) is 3.84. The molecule has 0 N–H and O–H groups in total. The van der Waals surface area contributed by atoms with Crippen LogP contribution in [0.4, 0.5) is 11.4 Å². The Morgan fingerprint density at radius 2 is 1.32 bits per heavy atom. The smallest absolute Gasteiger partial charge is 0.144 e. The highest BCUT2D eigenvalue weighted by molar-refractivity contribution is 6.09. The second-order valence-corrected chi connectivity index (χ2v) is 20.0. The van der Waals surface area contributed by atoms with Gasteiger partial charge in [0.2, 0.25) is 0 Å². The molecule has 4 heterocycles. The van der Waals surface area contributed by atoms with Gasteiger partial charge in [-0.2, -0.15) is 0 Å². The molecule has 63 heavy (non-hydrogen) atoms. The summed E-state index contributed by atoms with van der Waals surface area (Å²) in [4.78, 5) is 12.7.